The molecule has 3 nitrogen and oxygen atoms in total. The summed E-state index contributed by atoms with van der Waals surface area (Å²) >= 11 is 7.02. The zero-order chi connectivity index (χ0) is 13.0. The summed E-state index contributed by atoms with van der Waals surface area (Å²) in [5.41, 5.74) is 0. The molecule has 2 aromatic rings. The normalized spacial score (nSPS) is 10.1. The number of ketones is 1. The van der Waals surface area contributed by atoms with Crippen LogP contribution in [0.4, 0.5) is 0 Å². The fourth-order valence-corrected chi connectivity index (χ4v) is 2.38. The number of halogens is 1. The molecule has 0 aliphatic rings. The number of benzene rings is 1. The Bertz CT molecular complexity index is 551. The molecule has 1 aromatic heterocycles. The van der Waals surface area contributed by atoms with Gasteiger partial charge in [0.05, 0.1) is 16.3 Å². The molecular weight excluding hydrogens is 272 g/mol. The molecule has 0 unspecified atom stereocenters. The molecule has 94 valence electrons. The van der Waals surface area contributed by atoms with Gasteiger partial charge in [-0.05, 0) is 24.3 Å². The fraction of sp³-hybridized carbons (Fsp3) is 0.154. The second-order valence-electron chi connectivity index (χ2n) is 3.47. The van der Waals surface area contributed by atoms with Crippen LogP contribution in [0.3, 0.4) is 0 Å². The minimum Gasteiger partial charge on any atom is -0.493 e. The molecule has 0 N–H and O–H groups in total. The van der Waals surface area contributed by atoms with E-state index in [-0.39, 0.29) is 12.4 Å². The van der Waals surface area contributed by atoms with Crippen molar-refractivity contribution in [3.05, 3.63) is 45.6 Å². The van der Waals surface area contributed by atoms with Gasteiger partial charge in [-0.3, -0.25) is 4.79 Å². The lowest BCUT2D eigenvalue weighted by Gasteiger charge is -2.08. The average Bonchev–Trinajstić information content (AvgIpc) is 2.83. The van der Waals surface area contributed by atoms with Gasteiger partial charge < -0.3 is 9.47 Å². The van der Waals surface area contributed by atoms with Crippen molar-refractivity contribution in [2.24, 2.45) is 0 Å². The van der Waals surface area contributed by atoms with Gasteiger partial charge in [0.25, 0.3) is 0 Å². The van der Waals surface area contributed by atoms with Gasteiger partial charge in [-0.1, -0.05) is 23.7 Å². The topological polar surface area (TPSA) is 35.5 Å². The van der Waals surface area contributed by atoms with Crippen molar-refractivity contribution < 1.29 is 14.3 Å². The fourth-order valence-electron chi connectivity index (χ4n) is 1.42. The van der Waals surface area contributed by atoms with Gasteiger partial charge >= 0.3 is 0 Å². The maximum absolute atomic E-state index is 11.8. The van der Waals surface area contributed by atoms with Gasteiger partial charge in [-0.2, -0.15) is 0 Å². The highest BCUT2D eigenvalue weighted by Gasteiger charge is 2.11. The van der Waals surface area contributed by atoms with Gasteiger partial charge in [0.2, 0.25) is 5.78 Å². The Labute approximate surface area is 114 Å². The smallest absolute Gasteiger partial charge is 0.210 e. The lowest BCUT2D eigenvalue weighted by Crippen LogP contribution is -2.10. The first-order valence-corrected chi connectivity index (χ1v) is 6.44. The van der Waals surface area contributed by atoms with E-state index < -0.39 is 0 Å². The van der Waals surface area contributed by atoms with Crippen LogP contribution >= 0.6 is 22.9 Å². The third-order valence-corrected chi connectivity index (χ3v) is 3.55. The Morgan fingerprint density at radius 1 is 1.22 bits per heavy atom. The lowest BCUT2D eigenvalue weighted by molar-refractivity contribution is 0.0923. The number of thiophene rings is 1. The predicted molar refractivity (Wildman–Crippen MR) is 72.1 cm³/mol. The first-order valence-electron chi connectivity index (χ1n) is 5.25. The quantitative estimate of drug-likeness (QED) is 0.785. The van der Waals surface area contributed by atoms with Crippen LogP contribution in [0.15, 0.2) is 36.4 Å². The largest absolute Gasteiger partial charge is 0.493 e. The average molecular weight is 283 g/mol. The standard InChI is InChI=1S/C13H11ClO3S/c1-16-10-4-2-3-5-11(10)17-8-9(15)12-6-7-13(14)18-12/h2-7H,8H2,1H3. The highest BCUT2D eigenvalue weighted by atomic mass is 35.5. The van der Waals surface area contributed by atoms with Crippen LogP contribution in [0.5, 0.6) is 11.5 Å². The number of rotatable bonds is 5. The number of carbonyl (C=O) groups is 1. The molecule has 0 atom stereocenters. The Hall–Kier alpha value is -1.52. The number of para-hydroxylation sites is 2. The van der Waals surface area contributed by atoms with Crippen molar-refractivity contribution in [1.29, 1.82) is 0 Å². The van der Waals surface area contributed by atoms with Gasteiger partial charge in [0.1, 0.15) is 0 Å². The monoisotopic (exact) mass is 282 g/mol. The molecule has 0 aliphatic carbocycles. The summed E-state index contributed by atoms with van der Waals surface area (Å²) in [6, 6.07) is 10.6. The van der Waals surface area contributed by atoms with Crippen molar-refractivity contribution in [3.8, 4) is 11.5 Å². The molecule has 0 saturated carbocycles. The van der Waals surface area contributed by atoms with Crippen LogP contribution < -0.4 is 9.47 Å². The summed E-state index contributed by atoms with van der Waals surface area (Å²) in [6.45, 7) is -0.0305. The van der Waals surface area contributed by atoms with E-state index in [1.807, 2.05) is 12.1 Å². The summed E-state index contributed by atoms with van der Waals surface area (Å²) in [6.07, 6.45) is 0. The van der Waals surface area contributed by atoms with Crippen molar-refractivity contribution in [2.75, 3.05) is 13.7 Å². The molecule has 0 amide bonds. The molecule has 0 radical (unpaired) electrons. The third kappa shape index (κ3) is 3.03. The number of carbonyl (C=O) groups excluding carboxylic acids is 1. The number of methoxy groups -OCH3 is 1. The van der Waals surface area contributed by atoms with Crippen LogP contribution in [-0.4, -0.2) is 19.5 Å². The molecular formula is C13H11ClO3S. The number of hydrogen-bond acceptors (Lipinski definition) is 4. The second kappa shape index (κ2) is 5.89. The minimum atomic E-state index is -0.0993. The van der Waals surface area contributed by atoms with Crippen molar-refractivity contribution >= 4 is 28.7 Å². The first-order chi connectivity index (χ1) is 8.70. The molecule has 0 spiro atoms. The van der Waals surface area contributed by atoms with Crippen LogP contribution in [0, 0.1) is 0 Å². The molecule has 2 rings (SSSR count). The van der Waals surface area contributed by atoms with Crippen LogP contribution in [-0.2, 0) is 0 Å². The van der Waals surface area contributed by atoms with Crippen molar-refractivity contribution in [2.45, 2.75) is 0 Å². The number of hydrogen-bond donors (Lipinski definition) is 0. The molecule has 18 heavy (non-hydrogen) atoms. The highest BCUT2D eigenvalue weighted by molar-refractivity contribution is 7.18. The Balaban J connectivity index is 2.01. The summed E-state index contributed by atoms with van der Waals surface area (Å²) < 4.78 is 11.2. The second-order valence-corrected chi connectivity index (χ2v) is 5.18. The van der Waals surface area contributed by atoms with Gasteiger partial charge in [0.15, 0.2) is 18.1 Å². The van der Waals surface area contributed by atoms with Crippen LogP contribution in [0.1, 0.15) is 9.67 Å². The Morgan fingerprint density at radius 2 is 1.94 bits per heavy atom. The zero-order valence-corrected chi connectivity index (χ0v) is 11.3. The summed E-state index contributed by atoms with van der Waals surface area (Å²) in [5.74, 6) is 1.06. The van der Waals surface area contributed by atoms with Gasteiger partial charge in [0, 0.05) is 0 Å². The van der Waals surface area contributed by atoms with E-state index >= 15 is 0 Å². The van der Waals surface area contributed by atoms with Gasteiger partial charge in [-0.15, -0.1) is 11.3 Å². The molecule has 5 heteroatoms. The molecule has 0 fully saturated rings. The van der Waals surface area contributed by atoms with Crippen molar-refractivity contribution in [3.63, 3.8) is 0 Å². The van der Waals surface area contributed by atoms with E-state index in [1.165, 1.54) is 11.3 Å². The molecule has 0 aliphatic heterocycles. The molecule has 1 aromatic carbocycles. The maximum atomic E-state index is 11.8. The summed E-state index contributed by atoms with van der Waals surface area (Å²) in [7, 11) is 1.56. The molecule has 0 saturated heterocycles. The Kier molecular flexibility index (Phi) is 4.23. The maximum Gasteiger partial charge on any atom is 0.210 e. The molecule has 0 bridgehead atoms. The lowest BCUT2D eigenvalue weighted by atomic mass is 10.3. The van der Waals surface area contributed by atoms with E-state index in [9.17, 15) is 4.79 Å². The van der Waals surface area contributed by atoms with E-state index in [0.29, 0.717) is 20.7 Å². The van der Waals surface area contributed by atoms with E-state index in [1.54, 1.807) is 31.4 Å². The minimum absolute atomic E-state index is 0.0305. The van der Waals surface area contributed by atoms with E-state index in [4.69, 9.17) is 21.1 Å². The SMILES string of the molecule is COc1ccccc1OCC(=O)c1ccc(Cl)s1. The predicted octanol–water partition coefficient (Wildman–Crippen LogP) is 3.67. The number of Topliss-reactive ketones (excluding diaryl/α,β-unsaturated/α-hetero) is 1. The van der Waals surface area contributed by atoms with E-state index in [0.717, 1.165) is 0 Å². The third-order valence-electron chi connectivity index (χ3n) is 2.28. The first kappa shape index (κ1) is 12.9. The molecule has 1 heterocycles. The Morgan fingerprint density at radius 3 is 2.56 bits per heavy atom. The van der Waals surface area contributed by atoms with Crippen LogP contribution in [0.25, 0.3) is 0 Å². The van der Waals surface area contributed by atoms with Crippen LogP contribution in [0.2, 0.25) is 4.34 Å². The summed E-state index contributed by atoms with van der Waals surface area (Å²) in [5, 5.41) is 0. The van der Waals surface area contributed by atoms with Crippen molar-refractivity contribution in [1.82, 2.24) is 0 Å². The zero-order valence-electron chi connectivity index (χ0n) is 9.68. The summed E-state index contributed by atoms with van der Waals surface area (Å²) in [4.78, 5) is 12.4. The van der Waals surface area contributed by atoms with E-state index in [2.05, 4.69) is 0 Å². The number of ether oxygens (including phenoxy) is 2. The highest BCUT2D eigenvalue weighted by Crippen LogP contribution is 2.26. The van der Waals surface area contributed by atoms with Gasteiger partial charge in [-0.25, -0.2) is 0 Å².